The highest BCUT2D eigenvalue weighted by Gasteiger charge is 2.24. The van der Waals surface area contributed by atoms with E-state index in [1.807, 2.05) is 36.4 Å². The number of Topliss-reactive ketones (excluding diaryl/α,β-unsaturated/α-hetero) is 1. The number of benzene rings is 2. The highest BCUT2D eigenvalue weighted by molar-refractivity contribution is 6.32. The molecule has 0 aromatic heterocycles. The number of unbranched alkanes of at least 4 members (excludes halogenated alkanes) is 3. The van der Waals surface area contributed by atoms with E-state index < -0.39 is 48.1 Å². The molecule has 0 aliphatic rings. The van der Waals surface area contributed by atoms with Crippen LogP contribution >= 0.6 is 0 Å². The SMILES string of the molecule is O=C(O)CC[C@H](NC(=O)CCCCCCC(=O)N[C@H](COCc1ccccc1)CC(=O)C(=O)O)C(=O)OCc1ccccc1. The largest absolute Gasteiger partial charge is 0.481 e. The summed E-state index contributed by atoms with van der Waals surface area (Å²) in [7, 11) is 0. The third-order valence-corrected chi connectivity index (χ3v) is 6.51. The van der Waals surface area contributed by atoms with Crippen LogP contribution in [0.3, 0.4) is 0 Å². The Labute approximate surface area is 256 Å². The van der Waals surface area contributed by atoms with E-state index in [2.05, 4.69) is 10.6 Å². The quantitative estimate of drug-likeness (QED) is 0.0874. The van der Waals surface area contributed by atoms with E-state index >= 15 is 0 Å². The van der Waals surface area contributed by atoms with Crippen molar-refractivity contribution >= 4 is 35.5 Å². The Morgan fingerprint density at radius 1 is 0.682 bits per heavy atom. The third-order valence-electron chi connectivity index (χ3n) is 6.51. The van der Waals surface area contributed by atoms with Gasteiger partial charge < -0.3 is 30.3 Å². The highest BCUT2D eigenvalue weighted by atomic mass is 16.5. The molecule has 0 fully saturated rings. The topological polar surface area (TPSA) is 185 Å². The molecule has 0 aliphatic heterocycles. The number of ether oxygens (including phenoxy) is 2. The minimum atomic E-state index is -1.58. The minimum Gasteiger partial charge on any atom is -0.481 e. The van der Waals surface area contributed by atoms with E-state index in [4.69, 9.17) is 19.7 Å². The maximum absolute atomic E-state index is 12.5. The molecule has 44 heavy (non-hydrogen) atoms. The van der Waals surface area contributed by atoms with Gasteiger partial charge in [0.05, 0.1) is 19.3 Å². The van der Waals surface area contributed by atoms with Crippen molar-refractivity contribution in [3.05, 3.63) is 71.8 Å². The lowest BCUT2D eigenvalue weighted by molar-refractivity contribution is -0.150. The average Bonchev–Trinajstić information content (AvgIpc) is 3.00. The van der Waals surface area contributed by atoms with Gasteiger partial charge in [-0.1, -0.05) is 73.5 Å². The molecule has 0 aliphatic carbocycles. The molecule has 0 saturated carbocycles. The number of amides is 2. The van der Waals surface area contributed by atoms with Crippen molar-refractivity contribution in [2.24, 2.45) is 0 Å². The zero-order valence-corrected chi connectivity index (χ0v) is 24.6. The van der Waals surface area contributed by atoms with Crippen molar-refractivity contribution in [2.75, 3.05) is 6.61 Å². The first-order valence-electron chi connectivity index (χ1n) is 14.5. The van der Waals surface area contributed by atoms with Gasteiger partial charge in [0.25, 0.3) is 0 Å². The van der Waals surface area contributed by atoms with Crippen molar-refractivity contribution < 1.29 is 48.5 Å². The number of esters is 1. The maximum Gasteiger partial charge on any atom is 0.372 e. The average molecular weight is 613 g/mol. The number of nitrogens with one attached hydrogen (secondary N) is 2. The first-order valence-corrected chi connectivity index (χ1v) is 14.5. The Morgan fingerprint density at radius 3 is 1.77 bits per heavy atom. The van der Waals surface area contributed by atoms with Gasteiger partial charge in [-0.25, -0.2) is 9.59 Å². The zero-order chi connectivity index (χ0) is 32.2. The van der Waals surface area contributed by atoms with Crippen molar-refractivity contribution in [1.29, 1.82) is 0 Å². The maximum atomic E-state index is 12.5. The molecule has 2 atom stereocenters. The number of ketones is 1. The fraction of sp³-hybridized carbons (Fsp3) is 0.438. The molecule has 12 heteroatoms. The number of aliphatic carboxylic acids is 2. The molecule has 0 heterocycles. The lowest BCUT2D eigenvalue weighted by Crippen LogP contribution is -2.42. The Kier molecular flexibility index (Phi) is 16.5. The van der Waals surface area contributed by atoms with Gasteiger partial charge in [0.15, 0.2) is 0 Å². The van der Waals surface area contributed by atoms with Crippen LogP contribution in [0.15, 0.2) is 60.7 Å². The van der Waals surface area contributed by atoms with Gasteiger partial charge in [0, 0.05) is 25.7 Å². The van der Waals surface area contributed by atoms with E-state index in [9.17, 15) is 28.8 Å². The smallest absolute Gasteiger partial charge is 0.372 e. The van der Waals surface area contributed by atoms with Crippen LogP contribution in [0.4, 0.5) is 0 Å². The summed E-state index contributed by atoms with van der Waals surface area (Å²) in [6.07, 6.45) is 1.71. The minimum absolute atomic E-state index is 0.00399. The second-order valence-corrected chi connectivity index (χ2v) is 10.3. The summed E-state index contributed by atoms with van der Waals surface area (Å²) in [5.41, 5.74) is 1.66. The molecule has 2 rings (SSSR count). The fourth-order valence-corrected chi connectivity index (χ4v) is 4.19. The Hall–Kier alpha value is -4.58. The van der Waals surface area contributed by atoms with Crippen molar-refractivity contribution in [1.82, 2.24) is 10.6 Å². The number of hydrogen-bond donors (Lipinski definition) is 4. The van der Waals surface area contributed by atoms with Crippen molar-refractivity contribution in [2.45, 2.75) is 83.1 Å². The van der Waals surface area contributed by atoms with Crippen LogP contribution in [0.1, 0.15) is 68.9 Å². The number of carboxylic acids is 2. The Balaban J connectivity index is 1.70. The summed E-state index contributed by atoms with van der Waals surface area (Å²) in [5, 5.41) is 23.2. The Bertz CT molecular complexity index is 1220. The second-order valence-electron chi connectivity index (χ2n) is 10.3. The number of carbonyl (C=O) groups excluding carboxylic acids is 4. The normalized spacial score (nSPS) is 12.0. The standard InChI is InChI=1S/C32H40N2O10/c35-27(31(40)41)19-25(22-43-20-23-11-5-3-6-12-23)33-28(36)15-9-1-2-10-16-29(37)34-26(17-18-30(38)39)32(42)44-21-24-13-7-4-8-14-24/h3-8,11-14,25-26H,1-2,9-10,15-22H2,(H,33,36)(H,34,37)(H,38,39)(H,40,41)/t25-,26-/m0/s1. The van der Waals surface area contributed by atoms with Crippen LogP contribution in [0.2, 0.25) is 0 Å². The summed E-state index contributed by atoms with van der Waals surface area (Å²) in [6.45, 7) is 0.225. The first-order chi connectivity index (χ1) is 21.1. The molecule has 0 radical (unpaired) electrons. The lowest BCUT2D eigenvalue weighted by Gasteiger charge is -2.18. The van der Waals surface area contributed by atoms with Gasteiger partial charge in [-0.05, 0) is 30.4 Å². The van der Waals surface area contributed by atoms with Crippen LogP contribution < -0.4 is 10.6 Å². The molecule has 2 aromatic carbocycles. The van der Waals surface area contributed by atoms with E-state index in [0.717, 1.165) is 11.1 Å². The molecule has 0 spiro atoms. The van der Waals surface area contributed by atoms with E-state index in [1.165, 1.54) is 0 Å². The molecule has 0 bridgehead atoms. The molecular formula is C32H40N2O10. The van der Waals surface area contributed by atoms with E-state index in [-0.39, 0.29) is 51.4 Å². The molecular weight excluding hydrogens is 572 g/mol. The summed E-state index contributed by atoms with van der Waals surface area (Å²) in [6, 6.07) is 16.4. The van der Waals surface area contributed by atoms with Crippen molar-refractivity contribution in [3.63, 3.8) is 0 Å². The van der Waals surface area contributed by atoms with Crippen LogP contribution in [0.5, 0.6) is 0 Å². The lowest BCUT2D eigenvalue weighted by atomic mass is 10.1. The van der Waals surface area contributed by atoms with Crippen LogP contribution in [-0.4, -0.2) is 64.4 Å². The van der Waals surface area contributed by atoms with Gasteiger partial charge in [0.2, 0.25) is 17.6 Å². The molecule has 0 unspecified atom stereocenters. The predicted octanol–water partition coefficient (Wildman–Crippen LogP) is 3.17. The zero-order valence-electron chi connectivity index (χ0n) is 24.6. The van der Waals surface area contributed by atoms with E-state index in [0.29, 0.717) is 25.7 Å². The predicted molar refractivity (Wildman–Crippen MR) is 158 cm³/mol. The van der Waals surface area contributed by atoms with Crippen LogP contribution in [0.25, 0.3) is 0 Å². The van der Waals surface area contributed by atoms with Gasteiger partial charge in [-0.3, -0.25) is 19.2 Å². The second kappa shape index (κ2) is 20.3. The number of hydrogen-bond acceptors (Lipinski definition) is 8. The molecule has 4 N–H and O–H groups in total. The van der Waals surface area contributed by atoms with Crippen LogP contribution in [0, 0.1) is 0 Å². The molecule has 0 saturated heterocycles. The molecule has 2 aromatic rings. The number of carbonyl (C=O) groups is 6. The first kappa shape index (κ1) is 35.6. The van der Waals surface area contributed by atoms with Crippen molar-refractivity contribution in [3.8, 4) is 0 Å². The highest BCUT2D eigenvalue weighted by Crippen LogP contribution is 2.10. The van der Waals surface area contributed by atoms with Gasteiger partial charge in [-0.2, -0.15) is 0 Å². The third kappa shape index (κ3) is 15.6. The molecule has 2 amide bonds. The van der Waals surface area contributed by atoms with Gasteiger partial charge in [0.1, 0.15) is 12.6 Å². The Morgan fingerprint density at radius 2 is 1.23 bits per heavy atom. The number of carboxylic acid groups (broad SMARTS) is 2. The fourth-order valence-electron chi connectivity index (χ4n) is 4.19. The monoisotopic (exact) mass is 612 g/mol. The molecule has 12 nitrogen and oxygen atoms in total. The summed E-state index contributed by atoms with van der Waals surface area (Å²) >= 11 is 0. The summed E-state index contributed by atoms with van der Waals surface area (Å²) in [4.78, 5) is 71.1. The summed E-state index contributed by atoms with van der Waals surface area (Å²) in [5.74, 6) is -5.15. The number of rotatable bonds is 22. The molecule has 238 valence electrons. The summed E-state index contributed by atoms with van der Waals surface area (Å²) < 4.78 is 10.9. The van der Waals surface area contributed by atoms with Gasteiger partial charge in [-0.15, -0.1) is 0 Å². The van der Waals surface area contributed by atoms with Crippen LogP contribution in [-0.2, 0) is 51.5 Å². The van der Waals surface area contributed by atoms with Gasteiger partial charge >= 0.3 is 17.9 Å². The van der Waals surface area contributed by atoms with E-state index in [1.54, 1.807) is 24.3 Å².